The highest BCUT2D eigenvalue weighted by atomic mass is 32.2. The van der Waals surface area contributed by atoms with Gasteiger partial charge in [-0.2, -0.15) is 4.72 Å². The van der Waals surface area contributed by atoms with Gasteiger partial charge in [-0.15, -0.1) is 0 Å². The van der Waals surface area contributed by atoms with Crippen LogP contribution in [0.15, 0.2) is 76.2 Å². The van der Waals surface area contributed by atoms with Gasteiger partial charge in [0, 0.05) is 6.54 Å². The summed E-state index contributed by atoms with van der Waals surface area (Å²) >= 11 is 0. The molecule has 3 aromatic rings. The summed E-state index contributed by atoms with van der Waals surface area (Å²) in [6, 6.07) is 16.3. The topological polar surface area (TPSA) is 97.6 Å². The van der Waals surface area contributed by atoms with Gasteiger partial charge in [0.25, 0.3) is 0 Å². The molecule has 0 unspecified atom stereocenters. The van der Waals surface area contributed by atoms with Gasteiger partial charge in [0.05, 0.1) is 30.7 Å². The van der Waals surface area contributed by atoms with Crippen molar-refractivity contribution in [2.75, 3.05) is 7.11 Å². The maximum absolute atomic E-state index is 12.8. The Morgan fingerprint density at radius 2 is 1.77 bits per heavy atom. The molecule has 30 heavy (non-hydrogen) atoms. The molecule has 0 fully saturated rings. The van der Waals surface area contributed by atoms with Crippen molar-refractivity contribution in [3.63, 3.8) is 0 Å². The maximum atomic E-state index is 12.8. The molecule has 0 bridgehead atoms. The Bertz CT molecular complexity index is 1060. The number of hydrogen-bond acceptors (Lipinski definition) is 5. The Morgan fingerprint density at radius 1 is 1.07 bits per heavy atom. The van der Waals surface area contributed by atoms with Crippen molar-refractivity contribution in [2.45, 2.75) is 30.8 Å². The summed E-state index contributed by atoms with van der Waals surface area (Å²) in [6.45, 7) is 2.35. The second-order valence-electron chi connectivity index (χ2n) is 6.83. The largest absolute Gasteiger partial charge is 0.497 e. The molecule has 158 valence electrons. The van der Waals surface area contributed by atoms with Gasteiger partial charge >= 0.3 is 0 Å². The third-order valence-corrected chi connectivity index (χ3v) is 6.04. The van der Waals surface area contributed by atoms with Crippen LogP contribution in [-0.2, 0) is 21.4 Å². The van der Waals surface area contributed by atoms with Gasteiger partial charge < -0.3 is 14.5 Å². The van der Waals surface area contributed by atoms with Crippen molar-refractivity contribution >= 4 is 15.9 Å². The molecular formula is C22H24N2O5S. The molecule has 3 rings (SSSR count). The summed E-state index contributed by atoms with van der Waals surface area (Å²) in [5, 5.41) is 2.82. The van der Waals surface area contributed by atoms with Gasteiger partial charge in [-0.3, -0.25) is 4.79 Å². The van der Waals surface area contributed by atoms with Crippen molar-refractivity contribution in [2.24, 2.45) is 0 Å². The lowest BCUT2D eigenvalue weighted by atomic mass is 10.1. The first-order valence-corrected chi connectivity index (χ1v) is 10.9. The highest BCUT2D eigenvalue weighted by molar-refractivity contribution is 7.89. The van der Waals surface area contributed by atoms with Crippen molar-refractivity contribution in [1.82, 2.24) is 10.0 Å². The zero-order valence-electron chi connectivity index (χ0n) is 16.8. The van der Waals surface area contributed by atoms with E-state index in [1.54, 1.807) is 24.3 Å². The van der Waals surface area contributed by atoms with Gasteiger partial charge in [0.15, 0.2) is 0 Å². The summed E-state index contributed by atoms with van der Waals surface area (Å²) in [5.41, 5.74) is 2.10. The molecular weight excluding hydrogens is 404 g/mol. The first-order valence-electron chi connectivity index (χ1n) is 9.39. The van der Waals surface area contributed by atoms with Crippen molar-refractivity contribution < 1.29 is 22.4 Å². The molecule has 2 N–H and O–H groups in total. The van der Waals surface area contributed by atoms with E-state index < -0.39 is 16.1 Å². The van der Waals surface area contributed by atoms with E-state index in [0.29, 0.717) is 18.1 Å². The van der Waals surface area contributed by atoms with E-state index in [2.05, 4.69) is 10.0 Å². The third kappa shape index (κ3) is 5.71. The summed E-state index contributed by atoms with van der Waals surface area (Å²) in [7, 11) is -2.37. The molecule has 0 spiro atoms. The van der Waals surface area contributed by atoms with E-state index in [-0.39, 0.29) is 17.2 Å². The molecule has 1 amide bonds. The number of ether oxygens (including phenoxy) is 1. The number of rotatable bonds is 9. The van der Waals surface area contributed by atoms with Crippen LogP contribution in [0, 0.1) is 6.92 Å². The number of amides is 1. The molecule has 0 aliphatic rings. The average Bonchev–Trinajstić information content (AvgIpc) is 3.28. The molecule has 2 aromatic carbocycles. The van der Waals surface area contributed by atoms with Crippen LogP contribution in [-0.4, -0.2) is 21.4 Å². The normalized spacial score (nSPS) is 12.3. The van der Waals surface area contributed by atoms with Crippen LogP contribution in [0.25, 0.3) is 0 Å². The van der Waals surface area contributed by atoms with E-state index in [1.807, 2.05) is 31.2 Å². The lowest BCUT2D eigenvalue weighted by Crippen LogP contribution is -2.33. The Balaban J connectivity index is 1.69. The summed E-state index contributed by atoms with van der Waals surface area (Å²) in [4.78, 5) is 12.6. The third-order valence-electron chi connectivity index (χ3n) is 4.55. The Labute approximate surface area is 176 Å². The van der Waals surface area contributed by atoms with Gasteiger partial charge in [-0.1, -0.05) is 29.8 Å². The fraction of sp³-hybridized carbons (Fsp3) is 0.227. The first kappa shape index (κ1) is 21.6. The summed E-state index contributed by atoms with van der Waals surface area (Å²) in [6.07, 6.45) is 1.34. The first-order chi connectivity index (χ1) is 14.4. The molecule has 0 radical (unpaired) electrons. The van der Waals surface area contributed by atoms with Crippen LogP contribution in [0.3, 0.4) is 0 Å². The zero-order valence-corrected chi connectivity index (χ0v) is 17.6. The van der Waals surface area contributed by atoms with Crippen molar-refractivity contribution in [3.8, 4) is 5.75 Å². The minimum absolute atomic E-state index is 0.0694. The van der Waals surface area contributed by atoms with Crippen LogP contribution in [0.4, 0.5) is 0 Å². The molecule has 1 aromatic heterocycles. The second-order valence-corrected chi connectivity index (χ2v) is 8.55. The SMILES string of the molecule is COc1ccc(S(=O)(=O)N[C@@H](CC(=O)NCc2ccc(C)cc2)c2ccco2)cc1. The number of hydrogen-bond donors (Lipinski definition) is 2. The smallest absolute Gasteiger partial charge is 0.241 e. The predicted molar refractivity (Wildman–Crippen MR) is 112 cm³/mol. The molecule has 7 nitrogen and oxygen atoms in total. The van der Waals surface area contributed by atoms with Crippen LogP contribution in [0.5, 0.6) is 5.75 Å². The van der Waals surface area contributed by atoms with Crippen LogP contribution < -0.4 is 14.8 Å². The van der Waals surface area contributed by atoms with Gasteiger partial charge in [0.2, 0.25) is 15.9 Å². The van der Waals surface area contributed by atoms with E-state index in [1.165, 1.54) is 25.5 Å². The van der Waals surface area contributed by atoms with Gasteiger partial charge in [-0.05, 0) is 48.9 Å². The number of carbonyl (C=O) groups excluding carboxylic acids is 1. The van der Waals surface area contributed by atoms with Gasteiger partial charge in [-0.25, -0.2) is 8.42 Å². The fourth-order valence-corrected chi connectivity index (χ4v) is 4.07. The van der Waals surface area contributed by atoms with E-state index in [0.717, 1.165) is 11.1 Å². The summed E-state index contributed by atoms with van der Waals surface area (Å²) in [5.74, 6) is 0.610. The molecule has 1 atom stereocenters. The summed E-state index contributed by atoms with van der Waals surface area (Å²) < 4.78 is 38.6. The predicted octanol–water partition coefficient (Wildman–Crippen LogP) is 3.32. The molecule has 0 aliphatic heterocycles. The monoisotopic (exact) mass is 428 g/mol. The number of nitrogens with one attached hydrogen (secondary N) is 2. The minimum atomic E-state index is -3.87. The molecule has 0 saturated heterocycles. The molecule has 0 saturated carbocycles. The molecule has 0 aliphatic carbocycles. The number of aryl methyl sites for hydroxylation is 1. The van der Waals surface area contributed by atoms with Crippen LogP contribution in [0.2, 0.25) is 0 Å². The van der Waals surface area contributed by atoms with E-state index in [4.69, 9.17) is 9.15 Å². The average molecular weight is 429 g/mol. The Morgan fingerprint density at radius 3 is 2.37 bits per heavy atom. The zero-order chi connectivity index (χ0) is 21.6. The second kappa shape index (κ2) is 9.60. The number of benzene rings is 2. The number of furan rings is 1. The van der Waals surface area contributed by atoms with Crippen LogP contribution >= 0.6 is 0 Å². The Kier molecular flexibility index (Phi) is 6.91. The fourth-order valence-electron chi connectivity index (χ4n) is 2.86. The number of methoxy groups -OCH3 is 1. The lowest BCUT2D eigenvalue weighted by molar-refractivity contribution is -0.121. The molecule has 8 heteroatoms. The highest BCUT2D eigenvalue weighted by Crippen LogP contribution is 2.22. The van der Waals surface area contributed by atoms with E-state index in [9.17, 15) is 13.2 Å². The minimum Gasteiger partial charge on any atom is -0.497 e. The maximum Gasteiger partial charge on any atom is 0.241 e. The standard InChI is InChI=1S/C22H24N2O5S/c1-16-5-7-17(8-6-16)15-23-22(25)14-20(21-4-3-13-29-21)24-30(26,27)19-11-9-18(28-2)10-12-19/h3-13,20,24H,14-15H2,1-2H3,(H,23,25)/t20-/m0/s1. The number of carbonyl (C=O) groups is 1. The van der Waals surface area contributed by atoms with Crippen molar-refractivity contribution in [3.05, 3.63) is 83.8 Å². The highest BCUT2D eigenvalue weighted by Gasteiger charge is 2.25. The van der Waals surface area contributed by atoms with E-state index >= 15 is 0 Å². The quantitative estimate of drug-likeness (QED) is 0.545. The van der Waals surface area contributed by atoms with Gasteiger partial charge in [0.1, 0.15) is 11.5 Å². The lowest BCUT2D eigenvalue weighted by Gasteiger charge is -2.17. The van der Waals surface area contributed by atoms with Crippen LogP contribution in [0.1, 0.15) is 29.3 Å². The molecule has 1 heterocycles. The Hall–Kier alpha value is -3.10. The van der Waals surface area contributed by atoms with Crippen molar-refractivity contribution in [1.29, 1.82) is 0 Å². The number of sulfonamides is 1.